The predicted molar refractivity (Wildman–Crippen MR) is 282 cm³/mol. The molecule has 0 aromatic heterocycles. The van der Waals surface area contributed by atoms with Gasteiger partial charge in [0, 0.05) is 0 Å². The zero-order chi connectivity index (χ0) is 43.7. The van der Waals surface area contributed by atoms with E-state index in [1.807, 2.05) is 6.08 Å². The highest BCUT2D eigenvalue weighted by Gasteiger charge is 2.55. The standard InChI is InChI=1S/C66H46/c1-3-41-37-43(32-31-40(41)2)42-17-16-18-45(38-42)61-53-24-7-9-26-55(53)62(56-27-10-8-25-54(56)61)46-34-35-47-44(39-46)33-36-58-63-52-23-6-4-19-48(52)49-20-5-11-28-57(49)65(63)66(64(47)58)59-29-14-12-21-50(59)51-22-13-15-30-60(51)66/h3-4,6-12,14-19,21,23-39H,1,5,13,20,22H2,2H3. The van der Waals surface area contributed by atoms with Crippen molar-refractivity contribution in [2.24, 2.45) is 0 Å². The predicted octanol–water partition coefficient (Wildman–Crippen LogP) is 17.6. The number of benzene rings is 10. The number of hydrogen-bond donors (Lipinski definition) is 0. The van der Waals surface area contributed by atoms with Crippen molar-refractivity contribution in [3.63, 3.8) is 0 Å². The van der Waals surface area contributed by atoms with Gasteiger partial charge in [-0.2, -0.15) is 0 Å². The van der Waals surface area contributed by atoms with Gasteiger partial charge in [0.15, 0.2) is 0 Å². The van der Waals surface area contributed by atoms with Crippen molar-refractivity contribution < 1.29 is 0 Å². The Bertz CT molecular complexity index is 3840. The third-order valence-corrected chi connectivity index (χ3v) is 15.7. The molecular formula is C66H46. The summed E-state index contributed by atoms with van der Waals surface area (Å²) in [4.78, 5) is 0. The highest BCUT2D eigenvalue weighted by Crippen LogP contribution is 2.67. The topological polar surface area (TPSA) is 0 Å². The summed E-state index contributed by atoms with van der Waals surface area (Å²) in [6, 6.07) is 64.9. The van der Waals surface area contributed by atoms with Crippen LogP contribution in [0.15, 0.2) is 200 Å². The van der Waals surface area contributed by atoms with Gasteiger partial charge in [-0.25, -0.2) is 0 Å². The van der Waals surface area contributed by atoms with Gasteiger partial charge in [-0.05, 0) is 194 Å². The lowest BCUT2D eigenvalue weighted by Gasteiger charge is -2.35. The Morgan fingerprint density at radius 1 is 0.470 bits per heavy atom. The minimum Gasteiger partial charge on any atom is -0.0985 e. The Balaban J connectivity index is 1.03. The first-order valence-corrected chi connectivity index (χ1v) is 23.7. The molecule has 0 N–H and O–H groups in total. The minimum absolute atomic E-state index is 0.425. The van der Waals surface area contributed by atoms with Crippen LogP contribution in [-0.2, 0) is 11.8 Å². The van der Waals surface area contributed by atoms with E-state index in [0.717, 1.165) is 25.7 Å². The van der Waals surface area contributed by atoms with Crippen molar-refractivity contribution in [3.8, 4) is 44.5 Å². The molecule has 0 heteroatoms. The Morgan fingerprint density at radius 3 is 1.85 bits per heavy atom. The van der Waals surface area contributed by atoms with E-state index in [1.54, 1.807) is 0 Å². The van der Waals surface area contributed by atoms with Crippen LogP contribution in [0.4, 0.5) is 0 Å². The van der Waals surface area contributed by atoms with Gasteiger partial charge in [0.1, 0.15) is 0 Å². The normalized spacial score (nSPS) is 16.6. The smallest absolute Gasteiger partial charge is 0.0734 e. The van der Waals surface area contributed by atoms with Crippen LogP contribution in [0.5, 0.6) is 0 Å². The monoisotopic (exact) mass is 838 g/mol. The van der Waals surface area contributed by atoms with Gasteiger partial charge in [0.25, 0.3) is 0 Å². The Morgan fingerprint density at radius 2 is 1.09 bits per heavy atom. The van der Waals surface area contributed by atoms with Crippen molar-refractivity contribution in [3.05, 3.63) is 245 Å². The first kappa shape index (κ1) is 37.6. The summed E-state index contributed by atoms with van der Waals surface area (Å²) in [6.45, 7) is 6.24. The van der Waals surface area contributed by atoms with Gasteiger partial charge in [-0.15, -0.1) is 0 Å². The van der Waals surface area contributed by atoms with Gasteiger partial charge >= 0.3 is 0 Å². The van der Waals surface area contributed by atoms with Crippen LogP contribution in [0.2, 0.25) is 0 Å². The lowest BCUT2D eigenvalue weighted by Crippen LogP contribution is -2.29. The first-order valence-electron chi connectivity index (χ1n) is 23.7. The summed E-state index contributed by atoms with van der Waals surface area (Å²) >= 11 is 0. The fourth-order valence-corrected chi connectivity index (χ4v) is 13.0. The quantitative estimate of drug-likeness (QED) is 0.155. The first-order chi connectivity index (χ1) is 32.6. The van der Waals surface area contributed by atoms with E-state index in [0.29, 0.717) is 0 Å². The van der Waals surface area contributed by atoms with Crippen molar-refractivity contribution in [2.45, 2.75) is 38.0 Å². The Hall–Kier alpha value is -7.80. The molecule has 10 aromatic rings. The molecule has 0 saturated heterocycles. The SMILES string of the molecule is C=Cc1cc(-c2cccc(-c3c4ccccc4c(-c4ccc5c6c(ccc5c4)-c4c(c5c(c7ccccc47)CCC=C5)C64C5=C(CCC=C5)c5ccccc54)c4ccccc34)c2)ccc1C. The highest BCUT2D eigenvalue weighted by atomic mass is 14.6. The number of rotatable bonds is 4. The molecule has 0 aliphatic heterocycles. The van der Waals surface area contributed by atoms with Crippen LogP contribution in [0.3, 0.4) is 0 Å². The van der Waals surface area contributed by atoms with Crippen molar-refractivity contribution >= 4 is 60.8 Å². The molecule has 0 saturated carbocycles. The van der Waals surface area contributed by atoms with Gasteiger partial charge < -0.3 is 0 Å². The second-order valence-corrected chi connectivity index (χ2v) is 18.9. The molecule has 0 heterocycles. The van der Waals surface area contributed by atoms with E-state index in [9.17, 15) is 0 Å². The molecule has 1 unspecified atom stereocenters. The molecule has 0 bridgehead atoms. The largest absolute Gasteiger partial charge is 0.0985 e. The molecular weight excluding hydrogens is 793 g/mol. The van der Waals surface area contributed by atoms with Crippen molar-refractivity contribution in [1.82, 2.24) is 0 Å². The summed E-state index contributed by atoms with van der Waals surface area (Å²) in [5.74, 6) is 0. The molecule has 0 nitrogen and oxygen atoms in total. The fourth-order valence-electron chi connectivity index (χ4n) is 13.0. The number of fused-ring (bicyclic) bond motifs is 18. The number of hydrogen-bond acceptors (Lipinski definition) is 0. The summed E-state index contributed by atoms with van der Waals surface area (Å²) in [6.07, 6.45) is 16.1. The molecule has 1 spiro atoms. The van der Waals surface area contributed by atoms with E-state index in [4.69, 9.17) is 0 Å². The van der Waals surface area contributed by atoms with Crippen LogP contribution in [-0.4, -0.2) is 0 Å². The molecule has 66 heavy (non-hydrogen) atoms. The molecule has 4 aliphatic carbocycles. The molecule has 4 aliphatic rings. The lowest BCUT2D eigenvalue weighted by atomic mass is 9.65. The lowest BCUT2D eigenvalue weighted by molar-refractivity contribution is 0.782. The molecule has 14 rings (SSSR count). The van der Waals surface area contributed by atoms with E-state index in [1.165, 1.54) is 143 Å². The van der Waals surface area contributed by atoms with Crippen molar-refractivity contribution in [1.29, 1.82) is 0 Å². The fraction of sp³-hybridized carbons (Fsp3) is 0.0909. The van der Waals surface area contributed by atoms with Crippen LogP contribution < -0.4 is 0 Å². The molecule has 10 aromatic carbocycles. The molecule has 0 fully saturated rings. The summed E-state index contributed by atoms with van der Waals surface area (Å²) in [5, 5.41) is 10.5. The summed E-state index contributed by atoms with van der Waals surface area (Å²) in [5.41, 5.74) is 23.9. The van der Waals surface area contributed by atoms with E-state index in [-0.39, 0.29) is 0 Å². The molecule has 0 radical (unpaired) electrons. The van der Waals surface area contributed by atoms with Gasteiger partial charge in [0.05, 0.1) is 5.41 Å². The zero-order valence-corrected chi connectivity index (χ0v) is 37.1. The summed E-state index contributed by atoms with van der Waals surface area (Å²) in [7, 11) is 0. The third kappa shape index (κ3) is 4.99. The maximum atomic E-state index is 4.09. The van der Waals surface area contributed by atoms with Crippen molar-refractivity contribution in [2.75, 3.05) is 0 Å². The van der Waals surface area contributed by atoms with E-state index in [2.05, 4.69) is 208 Å². The average molecular weight is 839 g/mol. The molecule has 310 valence electrons. The minimum atomic E-state index is -0.425. The maximum absolute atomic E-state index is 4.09. The van der Waals surface area contributed by atoms with Gasteiger partial charge in [-0.1, -0.05) is 189 Å². The molecule has 1 atom stereocenters. The number of allylic oxidation sites excluding steroid dienone is 5. The Labute approximate surface area is 386 Å². The van der Waals surface area contributed by atoms with E-state index >= 15 is 0 Å². The zero-order valence-electron chi connectivity index (χ0n) is 37.1. The third-order valence-electron chi connectivity index (χ3n) is 15.7. The summed E-state index contributed by atoms with van der Waals surface area (Å²) < 4.78 is 0. The highest BCUT2D eigenvalue weighted by molar-refractivity contribution is 6.22. The second kappa shape index (κ2) is 14.1. The second-order valence-electron chi connectivity index (χ2n) is 18.9. The molecule has 0 amide bonds. The number of aryl methyl sites for hydroxylation is 2. The average Bonchev–Trinajstić information content (AvgIpc) is 3.86. The Kier molecular flexibility index (Phi) is 8.02. The van der Waals surface area contributed by atoms with Crippen LogP contribution in [0.25, 0.3) is 105 Å². The van der Waals surface area contributed by atoms with Gasteiger partial charge in [0.2, 0.25) is 0 Å². The van der Waals surface area contributed by atoms with Crippen LogP contribution >= 0.6 is 0 Å². The van der Waals surface area contributed by atoms with Gasteiger partial charge in [-0.3, -0.25) is 0 Å². The van der Waals surface area contributed by atoms with Crippen LogP contribution in [0, 0.1) is 6.92 Å². The maximum Gasteiger partial charge on any atom is 0.0734 e. The van der Waals surface area contributed by atoms with E-state index < -0.39 is 5.41 Å². The van der Waals surface area contributed by atoms with Crippen LogP contribution in [0.1, 0.15) is 63.8 Å².